The summed E-state index contributed by atoms with van der Waals surface area (Å²) in [4.78, 5) is 4.45. The molecule has 0 aliphatic heterocycles. The zero-order chi connectivity index (χ0) is 17.3. The van der Waals surface area contributed by atoms with E-state index in [9.17, 15) is 12.8 Å². The number of anilines is 2. The molecule has 0 spiro atoms. The third-order valence-electron chi connectivity index (χ3n) is 3.15. The largest absolute Gasteiger partial charge is 0.331 e. The highest BCUT2D eigenvalue weighted by Crippen LogP contribution is 2.29. The van der Waals surface area contributed by atoms with Gasteiger partial charge in [-0.1, -0.05) is 23.7 Å². The molecule has 1 heterocycles. The van der Waals surface area contributed by atoms with Crippen molar-refractivity contribution < 1.29 is 12.8 Å². The number of rotatable bonds is 4. The van der Waals surface area contributed by atoms with E-state index in [0.717, 1.165) is 5.56 Å². The molecule has 0 saturated carbocycles. The maximum atomic E-state index is 13.2. The molecule has 1 aromatic heterocycles. The molecule has 24 heavy (non-hydrogen) atoms. The number of hydrogen-bond acceptors (Lipinski definition) is 5. The number of primary sulfonamides is 1. The van der Waals surface area contributed by atoms with Gasteiger partial charge < -0.3 is 5.32 Å². The summed E-state index contributed by atoms with van der Waals surface area (Å²) in [5.41, 5.74) is 2.05. The maximum absolute atomic E-state index is 13.2. The molecule has 3 rings (SSSR count). The van der Waals surface area contributed by atoms with Gasteiger partial charge in [-0.2, -0.15) is 0 Å². The number of benzene rings is 2. The van der Waals surface area contributed by atoms with Crippen LogP contribution < -0.4 is 10.5 Å². The molecule has 0 fully saturated rings. The Labute approximate surface area is 147 Å². The summed E-state index contributed by atoms with van der Waals surface area (Å²) in [6, 6.07) is 10.4. The first-order chi connectivity index (χ1) is 11.3. The van der Waals surface area contributed by atoms with Crippen LogP contribution in [0.2, 0.25) is 5.02 Å². The number of nitrogens with zero attached hydrogens (tertiary/aromatic N) is 1. The molecular formula is C15H11ClFN3O2S2. The highest BCUT2D eigenvalue weighted by Gasteiger charge is 2.10. The lowest BCUT2D eigenvalue weighted by Crippen LogP contribution is -2.11. The third kappa shape index (κ3) is 3.73. The average molecular weight is 384 g/mol. The van der Waals surface area contributed by atoms with Gasteiger partial charge in [-0.25, -0.2) is 22.9 Å². The summed E-state index contributed by atoms with van der Waals surface area (Å²) in [5, 5.41) is 10.6. The van der Waals surface area contributed by atoms with E-state index in [0.29, 0.717) is 16.5 Å². The standard InChI is InChI=1S/C15H11ClFN3O2S2/c16-12-7-10(3-6-13(12)17)19-15-20-14(8-23-15)9-1-4-11(5-2-9)24(18,21)22/h1-8H,(H,19,20)(H2,18,21,22). The van der Waals surface area contributed by atoms with Crippen LogP contribution in [0.3, 0.4) is 0 Å². The van der Waals surface area contributed by atoms with Crippen molar-refractivity contribution in [1.29, 1.82) is 0 Å². The molecule has 3 N–H and O–H groups in total. The second-order valence-corrected chi connectivity index (χ2v) is 7.69. The first kappa shape index (κ1) is 16.8. The lowest BCUT2D eigenvalue weighted by atomic mass is 10.2. The second kappa shape index (κ2) is 6.48. The molecule has 0 bridgehead atoms. The molecule has 0 saturated heterocycles. The fourth-order valence-electron chi connectivity index (χ4n) is 1.98. The first-order valence-corrected chi connectivity index (χ1v) is 9.44. The summed E-state index contributed by atoms with van der Waals surface area (Å²) < 4.78 is 35.7. The van der Waals surface area contributed by atoms with Crippen LogP contribution >= 0.6 is 22.9 Å². The van der Waals surface area contributed by atoms with Crippen molar-refractivity contribution in [3.05, 3.63) is 58.7 Å². The number of nitrogens with two attached hydrogens (primary N) is 1. The number of thiazole rings is 1. The van der Waals surface area contributed by atoms with Gasteiger partial charge in [-0.15, -0.1) is 11.3 Å². The lowest BCUT2D eigenvalue weighted by molar-refractivity contribution is 0.598. The van der Waals surface area contributed by atoms with E-state index in [1.54, 1.807) is 18.2 Å². The Morgan fingerprint density at radius 3 is 2.50 bits per heavy atom. The van der Waals surface area contributed by atoms with Crippen molar-refractivity contribution in [3.8, 4) is 11.3 Å². The van der Waals surface area contributed by atoms with Gasteiger partial charge in [0, 0.05) is 16.6 Å². The van der Waals surface area contributed by atoms with Gasteiger partial charge in [0.15, 0.2) is 5.13 Å². The van der Waals surface area contributed by atoms with Crippen LogP contribution in [0.4, 0.5) is 15.2 Å². The van der Waals surface area contributed by atoms with Crippen LogP contribution in [0.5, 0.6) is 0 Å². The fraction of sp³-hybridized carbons (Fsp3) is 0. The van der Waals surface area contributed by atoms with Crippen molar-refractivity contribution in [3.63, 3.8) is 0 Å². The van der Waals surface area contributed by atoms with E-state index in [2.05, 4.69) is 10.3 Å². The predicted molar refractivity (Wildman–Crippen MR) is 93.6 cm³/mol. The summed E-state index contributed by atoms with van der Waals surface area (Å²) in [5.74, 6) is -0.489. The molecular weight excluding hydrogens is 373 g/mol. The van der Waals surface area contributed by atoms with Gasteiger partial charge in [0.2, 0.25) is 10.0 Å². The van der Waals surface area contributed by atoms with Crippen LogP contribution in [0.15, 0.2) is 52.7 Å². The van der Waals surface area contributed by atoms with E-state index in [-0.39, 0.29) is 9.92 Å². The maximum Gasteiger partial charge on any atom is 0.238 e. The quantitative estimate of drug-likeness (QED) is 0.713. The van der Waals surface area contributed by atoms with Gasteiger partial charge in [0.1, 0.15) is 5.82 Å². The lowest BCUT2D eigenvalue weighted by Gasteiger charge is -2.03. The van der Waals surface area contributed by atoms with Gasteiger partial charge in [-0.3, -0.25) is 0 Å². The highest BCUT2D eigenvalue weighted by molar-refractivity contribution is 7.89. The zero-order valence-electron chi connectivity index (χ0n) is 12.0. The van der Waals surface area contributed by atoms with Crippen LogP contribution in [0.1, 0.15) is 0 Å². The molecule has 124 valence electrons. The molecule has 2 aromatic carbocycles. The average Bonchev–Trinajstić information content (AvgIpc) is 2.99. The van der Waals surface area contributed by atoms with Gasteiger partial charge >= 0.3 is 0 Å². The van der Waals surface area contributed by atoms with E-state index in [1.807, 2.05) is 5.38 Å². The van der Waals surface area contributed by atoms with Crippen LogP contribution in [0.25, 0.3) is 11.3 Å². The predicted octanol–water partition coefficient (Wildman–Crippen LogP) is 3.99. The first-order valence-electron chi connectivity index (χ1n) is 6.64. The summed E-state index contributed by atoms with van der Waals surface area (Å²) >= 11 is 7.10. The Morgan fingerprint density at radius 2 is 1.88 bits per heavy atom. The normalized spacial score (nSPS) is 11.5. The Balaban J connectivity index is 1.81. The minimum absolute atomic E-state index is 0.0235. The van der Waals surface area contributed by atoms with Crippen molar-refractivity contribution in [2.45, 2.75) is 4.90 Å². The van der Waals surface area contributed by atoms with Crippen LogP contribution in [-0.4, -0.2) is 13.4 Å². The second-order valence-electron chi connectivity index (χ2n) is 4.86. The Morgan fingerprint density at radius 1 is 1.17 bits per heavy atom. The van der Waals surface area contributed by atoms with Crippen LogP contribution in [-0.2, 0) is 10.0 Å². The minimum atomic E-state index is -3.72. The van der Waals surface area contributed by atoms with Crippen molar-refractivity contribution in [2.75, 3.05) is 5.32 Å². The van der Waals surface area contributed by atoms with Crippen molar-refractivity contribution in [1.82, 2.24) is 4.98 Å². The van der Waals surface area contributed by atoms with Crippen LogP contribution in [0, 0.1) is 5.82 Å². The smallest absolute Gasteiger partial charge is 0.238 e. The number of sulfonamides is 1. The Hall–Kier alpha value is -2.00. The Bertz CT molecular complexity index is 988. The molecule has 9 heteroatoms. The molecule has 5 nitrogen and oxygen atoms in total. The molecule has 0 atom stereocenters. The number of nitrogens with one attached hydrogen (secondary N) is 1. The molecule has 0 unspecified atom stereocenters. The van der Waals surface area contributed by atoms with E-state index in [4.69, 9.17) is 16.7 Å². The fourth-order valence-corrected chi connectivity index (χ4v) is 3.41. The van der Waals surface area contributed by atoms with E-state index < -0.39 is 15.8 Å². The molecule has 0 aliphatic rings. The van der Waals surface area contributed by atoms with Gasteiger partial charge in [0.25, 0.3) is 0 Å². The topological polar surface area (TPSA) is 85.1 Å². The van der Waals surface area contributed by atoms with Crippen molar-refractivity contribution >= 4 is 43.8 Å². The SMILES string of the molecule is NS(=O)(=O)c1ccc(-c2csc(Nc3ccc(F)c(Cl)c3)n2)cc1. The highest BCUT2D eigenvalue weighted by atomic mass is 35.5. The number of hydrogen-bond donors (Lipinski definition) is 2. The Kier molecular flexibility index (Phi) is 4.55. The minimum Gasteiger partial charge on any atom is -0.331 e. The third-order valence-corrected chi connectivity index (χ3v) is 5.13. The molecule has 0 radical (unpaired) electrons. The van der Waals surface area contributed by atoms with E-state index >= 15 is 0 Å². The van der Waals surface area contributed by atoms with Gasteiger partial charge in [-0.05, 0) is 30.3 Å². The summed E-state index contributed by atoms with van der Waals surface area (Å²) in [7, 11) is -3.72. The van der Waals surface area contributed by atoms with Crippen molar-refractivity contribution in [2.24, 2.45) is 5.14 Å². The molecule has 0 amide bonds. The monoisotopic (exact) mass is 383 g/mol. The van der Waals surface area contributed by atoms with E-state index in [1.165, 1.54) is 35.6 Å². The van der Waals surface area contributed by atoms with Gasteiger partial charge in [0.05, 0.1) is 15.6 Å². The summed E-state index contributed by atoms with van der Waals surface area (Å²) in [6.07, 6.45) is 0. The number of halogens is 2. The zero-order valence-corrected chi connectivity index (χ0v) is 14.4. The number of aromatic nitrogens is 1. The summed E-state index contributed by atoms with van der Waals surface area (Å²) in [6.45, 7) is 0. The molecule has 0 aliphatic carbocycles. The molecule has 3 aromatic rings.